The Labute approximate surface area is 89.5 Å². The van der Waals surface area contributed by atoms with Gasteiger partial charge in [-0.2, -0.15) is 13.2 Å². The van der Waals surface area contributed by atoms with E-state index in [0.29, 0.717) is 16.8 Å². The molecule has 0 amide bonds. The fraction of sp³-hybridized carbons (Fsp3) is 0.0909. The highest BCUT2D eigenvalue weighted by atomic mass is 19.4. The van der Waals surface area contributed by atoms with Gasteiger partial charge in [0.05, 0.1) is 11.3 Å². The van der Waals surface area contributed by atoms with Crippen LogP contribution in [0.1, 0.15) is 5.56 Å². The third-order valence-electron chi connectivity index (χ3n) is 2.22. The highest BCUT2D eigenvalue weighted by Gasteiger charge is 2.30. The first-order valence-electron chi connectivity index (χ1n) is 4.48. The molecule has 84 valence electrons. The predicted molar refractivity (Wildman–Crippen MR) is 53.6 cm³/mol. The van der Waals surface area contributed by atoms with Crippen molar-refractivity contribution >= 4 is 5.69 Å². The van der Waals surface area contributed by atoms with Gasteiger partial charge in [0.1, 0.15) is 12.5 Å². The van der Waals surface area contributed by atoms with Gasteiger partial charge >= 0.3 is 6.18 Å². The molecule has 0 bridgehead atoms. The third-order valence-corrected chi connectivity index (χ3v) is 2.22. The first-order valence-corrected chi connectivity index (χ1v) is 4.48. The van der Waals surface area contributed by atoms with Crippen LogP contribution in [-0.2, 0) is 6.18 Å². The molecule has 0 aliphatic carbocycles. The highest BCUT2D eigenvalue weighted by molar-refractivity contribution is 5.74. The van der Waals surface area contributed by atoms with Crippen molar-refractivity contribution in [3.63, 3.8) is 0 Å². The molecule has 2 nitrogen and oxygen atoms in total. The van der Waals surface area contributed by atoms with Crippen molar-refractivity contribution in [1.29, 1.82) is 0 Å². The zero-order chi connectivity index (χ0) is 11.8. The van der Waals surface area contributed by atoms with Crippen LogP contribution in [0.4, 0.5) is 18.9 Å². The summed E-state index contributed by atoms with van der Waals surface area (Å²) in [5.74, 6) is 0. The fourth-order valence-electron chi connectivity index (χ4n) is 1.38. The van der Waals surface area contributed by atoms with Crippen LogP contribution in [0.3, 0.4) is 0 Å². The number of furan rings is 1. The smallest absolute Gasteiger partial charge is 0.416 e. The molecule has 0 fully saturated rings. The van der Waals surface area contributed by atoms with E-state index in [1.54, 1.807) is 0 Å². The van der Waals surface area contributed by atoms with Crippen LogP contribution in [0, 0.1) is 0 Å². The lowest BCUT2D eigenvalue weighted by Crippen LogP contribution is -2.04. The molecule has 5 heteroatoms. The Morgan fingerprint density at radius 2 is 1.62 bits per heavy atom. The maximum absolute atomic E-state index is 12.3. The van der Waals surface area contributed by atoms with Crippen LogP contribution in [0.2, 0.25) is 0 Å². The van der Waals surface area contributed by atoms with E-state index in [0.717, 1.165) is 12.1 Å². The Balaban J connectivity index is 2.37. The SMILES string of the molecule is Nc1cocc1-c1ccc(C(F)(F)F)cc1. The Kier molecular flexibility index (Phi) is 2.38. The topological polar surface area (TPSA) is 39.2 Å². The molecule has 0 saturated carbocycles. The quantitative estimate of drug-likeness (QED) is 0.809. The van der Waals surface area contributed by atoms with Crippen molar-refractivity contribution in [2.24, 2.45) is 0 Å². The van der Waals surface area contributed by atoms with Gasteiger partial charge in [-0.25, -0.2) is 0 Å². The van der Waals surface area contributed by atoms with Crippen molar-refractivity contribution in [2.75, 3.05) is 5.73 Å². The Hall–Kier alpha value is -1.91. The van der Waals surface area contributed by atoms with Gasteiger partial charge in [0.25, 0.3) is 0 Å². The van der Waals surface area contributed by atoms with Crippen molar-refractivity contribution in [3.8, 4) is 11.1 Å². The van der Waals surface area contributed by atoms with E-state index in [1.165, 1.54) is 24.7 Å². The summed E-state index contributed by atoms with van der Waals surface area (Å²) in [6.07, 6.45) is -1.58. The van der Waals surface area contributed by atoms with E-state index in [2.05, 4.69) is 0 Å². The van der Waals surface area contributed by atoms with E-state index in [4.69, 9.17) is 10.2 Å². The molecule has 1 aromatic heterocycles. The van der Waals surface area contributed by atoms with Crippen LogP contribution < -0.4 is 5.73 Å². The lowest BCUT2D eigenvalue weighted by Gasteiger charge is -2.06. The number of benzene rings is 1. The molecule has 0 aliphatic heterocycles. The summed E-state index contributed by atoms with van der Waals surface area (Å²) in [7, 11) is 0. The average molecular weight is 227 g/mol. The van der Waals surface area contributed by atoms with Crippen LogP contribution in [0.25, 0.3) is 11.1 Å². The van der Waals surface area contributed by atoms with E-state index in [1.807, 2.05) is 0 Å². The lowest BCUT2D eigenvalue weighted by molar-refractivity contribution is -0.137. The molecule has 0 radical (unpaired) electrons. The molecular formula is C11H8F3NO. The fourth-order valence-corrected chi connectivity index (χ4v) is 1.38. The molecule has 1 heterocycles. The number of halogens is 3. The zero-order valence-corrected chi connectivity index (χ0v) is 8.08. The van der Waals surface area contributed by atoms with Crippen molar-refractivity contribution < 1.29 is 17.6 Å². The van der Waals surface area contributed by atoms with Crippen molar-refractivity contribution in [1.82, 2.24) is 0 Å². The summed E-state index contributed by atoms with van der Waals surface area (Å²) >= 11 is 0. The first kappa shape index (κ1) is 10.6. The minimum atomic E-state index is -4.32. The number of alkyl halides is 3. The van der Waals surface area contributed by atoms with Gasteiger partial charge in [-0.1, -0.05) is 12.1 Å². The number of nitrogens with two attached hydrogens (primary N) is 1. The first-order chi connectivity index (χ1) is 7.48. The molecule has 0 aliphatic rings. The maximum atomic E-state index is 12.3. The van der Waals surface area contributed by atoms with Gasteiger partial charge in [0, 0.05) is 5.56 Å². The second-order valence-corrected chi connectivity index (χ2v) is 3.32. The maximum Gasteiger partial charge on any atom is 0.416 e. The summed E-state index contributed by atoms with van der Waals surface area (Å²) in [6, 6.07) is 4.76. The molecule has 2 N–H and O–H groups in total. The van der Waals surface area contributed by atoms with Crippen molar-refractivity contribution in [2.45, 2.75) is 6.18 Å². The van der Waals surface area contributed by atoms with E-state index in [-0.39, 0.29) is 0 Å². The lowest BCUT2D eigenvalue weighted by atomic mass is 10.1. The second kappa shape index (κ2) is 3.59. The van der Waals surface area contributed by atoms with Crippen LogP contribution >= 0.6 is 0 Å². The standard InChI is InChI=1S/C11H8F3NO/c12-11(13,14)8-3-1-7(2-4-8)9-5-16-6-10(9)15/h1-6H,15H2. The number of nitrogen functional groups attached to an aromatic ring is 1. The summed E-state index contributed by atoms with van der Waals surface area (Å²) in [6.45, 7) is 0. The largest absolute Gasteiger partial charge is 0.470 e. The molecule has 2 rings (SSSR count). The number of anilines is 1. The Morgan fingerprint density at radius 3 is 2.06 bits per heavy atom. The predicted octanol–water partition coefficient (Wildman–Crippen LogP) is 3.55. The van der Waals surface area contributed by atoms with Gasteiger partial charge < -0.3 is 10.2 Å². The number of hydrogen-bond donors (Lipinski definition) is 1. The van der Waals surface area contributed by atoms with Gasteiger partial charge in [0.2, 0.25) is 0 Å². The van der Waals surface area contributed by atoms with Gasteiger partial charge in [-0.3, -0.25) is 0 Å². The summed E-state index contributed by atoms with van der Waals surface area (Å²) in [4.78, 5) is 0. The van der Waals surface area contributed by atoms with Crippen LogP contribution in [0.15, 0.2) is 41.2 Å². The third kappa shape index (κ3) is 1.88. The van der Waals surface area contributed by atoms with Gasteiger partial charge in [-0.05, 0) is 17.7 Å². The second-order valence-electron chi connectivity index (χ2n) is 3.32. The molecule has 1 aromatic carbocycles. The summed E-state index contributed by atoms with van der Waals surface area (Å²) < 4.78 is 41.7. The van der Waals surface area contributed by atoms with E-state index >= 15 is 0 Å². The van der Waals surface area contributed by atoms with Crippen LogP contribution in [0.5, 0.6) is 0 Å². The molecule has 0 atom stereocenters. The molecule has 0 saturated heterocycles. The molecule has 16 heavy (non-hydrogen) atoms. The van der Waals surface area contributed by atoms with Crippen molar-refractivity contribution in [3.05, 3.63) is 42.4 Å². The van der Waals surface area contributed by atoms with Gasteiger partial charge in [-0.15, -0.1) is 0 Å². The minimum absolute atomic E-state index is 0.403. The monoisotopic (exact) mass is 227 g/mol. The molecule has 0 spiro atoms. The normalized spacial score (nSPS) is 11.7. The van der Waals surface area contributed by atoms with Gasteiger partial charge in [0.15, 0.2) is 0 Å². The number of hydrogen-bond acceptors (Lipinski definition) is 2. The molecular weight excluding hydrogens is 219 g/mol. The van der Waals surface area contributed by atoms with Crippen LogP contribution in [-0.4, -0.2) is 0 Å². The summed E-state index contributed by atoms with van der Waals surface area (Å²) in [5, 5.41) is 0. The van der Waals surface area contributed by atoms with E-state index < -0.39 is 11.7 Å². The van der Waals surface area contributed by atoms with E-state index in [9.17, 15) is 13.2 Å². The average Bonchev–Trinajstić information content (AvgIpc) is 2.63. The Morgan fingerprint density at radius 1 is 1.00 bits per heavy atom. The number of rotatable bonds is 1. The summed E-state index contributed by atoms with van der Waals surface area (Å²) in [5.41, 5.74) is 6.49. The Bertz CT molecular complexity index is 485. The molecule has 2 aromatic rings. The highest BCUT2D eigenvalue weighted by Crippen LogP contribution is 2.32. The zero-order valence-electron chi connectivity index (χ0n) is 8.08. The minimum Gasteiger partial charge on any atom is -0.470 e. The molecule has 0 unspecified atom stereocenters.